The minimum Gasteiger partial charge on any atom is -0.507 e. The number of aliphatic hydroxyl groups is 1. The Morgan fingerprint density at radius 1 is 0.796 bits per heavy atom. The normalized spacial score (nSPS) is 15.5. The Kier molecular flexibility index (Phi) is 13.3. The number of likely N-dealkylation sites (tertiary alicyclic amines) is 1. The highest BCUT2D eigenvalue weighted by Gasteiger charge is 2.53. The molecule has 9 nitrogen and oxygen atoms in total. The van der Waals surface area contributed by atoms with Gasteiger partial charge in [-0.3, -0.25) is 4.90 Å². The Morgan fingerprint density at radius 2 is 1.31 bits per heavy atom. The fraction of sp³-hybridized carbons (Fsp3) is 0.273. The first kappa shape index (κ1) is 39.8. The van der Waals surface area contributed by atoms with Gasteiger partial charge in [-0.2, -0.15) is 0 Å². The molecule has 1 fully saturated rings. The molecule has 1 saturated heterocycles. The van der Waals surface area contributed by atoms with E-state index < -0.39 is 32.5 Å². The number of nitrogens with zero attached hydrogens (tertiary/aromatic N) is 1. The molecule has 2 atom stereocenters. The summed E-state index contributed by atoms with van der Waals surface area (Å²) >= 11 is 0. The van der Waals surface area contributed by atoms with Crippen LogP contribution in [-0.4, -0.2) is 65.9 Å². The van der Waals surface area contributed by atoms with Gasteiger partial charge in [0.1, 0.15) is 30.3 Å². The second-order valence-corrected chi connectivity index (χ2v) is 18.7. The van der Waals surface area contributed by atoms with Crippen LogP contribution < -0.4 is 15.1 Å². The smallest absolute Gasteiger partial charge is 0.407 e. The van der Waals surface area contributed by atoms with Crippen LogP contribution in [-0.2, 0) is 22.4 Å². The zero-order valence-corrected chi connectivity index (χ0v) is 32.2. The van der Waals surface area contributed by atoms with E-state index in [0.29, 0.717) is 12.0 Å². The van der Waals surface area contributed by atoms with Crippen LogP contribution in [0.1, 0.15) is 54.2 Å². The number of phenolic OH excluding ortho intramolecular Hbond substituents is 1. The van der Waals surface area contributed by atoms with E-state index in [0.717, 1.165) is 21.5 Å². The number of hydrogen-bond donors (Lipinski definition) is 3. The van der Waals surface area contributed by atoms with Crippen molar-refractivity contribution in [2.75, 3.05) is 13.2 Å². The Morgan fingerprint density at radius 3 is 1.80 bits per heavy atom. The van der Waals surface area contributed by atoms with E-state index in [1.165, 1.54) is 11.0 Å². The minimum atomic E-state index is -2.93. The van der Waals surface area contributed by atoms with Crippen LogP contribution in [0.4, 0.5) is 4.79 Å². The predicted molar refractivity (Wildman–Crippen MR) is 212 cm³/mol. The van der Waals surface area contributed by atoms with E-state index in [9.17, 15) is 19.8 Å². The van der Waals surface area contributed by atoms with Crippen LogP contribution >= 0.6 is 0 Å². The molecule has 0 aromatic heterocycles. The molecule has 0 saturated carbocycles. The fourth-order valence-corrected chi connectivity index (χ4v) is 11.6. The van der Waals surface area contributed by atoms with Crippen molar-refractivity contribution in [3.05, 3.63) is 156 Å². The summed E-state index contributed by atoms with van der Waals surface area (Å²) in [6.07, 6.45) is -1.06. The molecule has 0 spiro atoms. The molecule has 10 heteroatoms. The van der Waals surface area contributed by atoms with Crippen LogP contribution in [0.15, 0.2) is 133 Å². The monoisotopic (exact) mass is 747 g/mol. The van der Waals surface area contributed by atoms with E-state index in [-0.39, 0.29) is 48.5 Å². The molecule has 0 aliphatic carbocycles. The summed E-state index contributed by atoms with van der Waals surface area (Å²) in [7, 11) is -2.93. The molecule has 3 N–H and O–H groups in total. The molecule has 0 bridgehead atoms. The number of carbonyl (C=O) groups is 2. The summed E-state index contributed by atoms with van der Waals surface area (Å²) in [6, 6.07) is 41.8. The molecule has 0 radical (unpaired) electrons. The average Bonchev–Trinajstić information content (AvgIpc) is 3.59. The first-order chi connectivity index (χ1) is 25.9. The molecule has 6 rings (SSSR count). The Balaban J connectivity index is 0.000000621. The van der Waals surface area contributed by atoms with Gasteiger partial charge >= 0.3 is 12.1 Å². The van der Waals surface area contributed by atoms with E-state index in [4.69, 9.17) is 19.0 Å². The number of aromatic hydroxyl groups is 1. The van der Waals surface area contributed by atoms with Gasteiger partial charge in [-0.15, -0.1) is 0 Å². The largest absolute Gasteiger partial charge is 0.507 e. The summed E-state index contributed by atoms with van der Waals surface area (Å²) in [4.78, 5) is 27.0. The highest BCUT2D eigenvalue weighted by atomic mass is 28.4. The number of esters is 1. The minimum absolute atomic E-state index is 0.0309. The third-order valence-corrected chi connectivity index (χ3v) is 14.6. The summed E-state index contributed by atoms with van der Waals surface area (Å²) in [5.41, 5.74) is 2.36. The lowest BCUT2D eigenvalue weighted by Crippen LogP contribution is -2.67. The second kappa shape index (κ2) is 18.1. The first-order valence-corrected chi connectivity index (χ1v) is 19.9. The van der Waals surface area contributed by atoms with Crippen molar-refractivity contribution < 1.29 is 38.8 Å². The van der Waals surface area contributed by atoms with Gasteiger partial charge in [-0.1, -0.05) is 142 Å². The summed E-state index contributed by atoms with van der Waals surface area (Å²) in [5.74, 6) is -0.856. The van der Waals surface area contributed by atoms with Gasteiger partial charge in [0.15, 0.2) is 0 Å². The van der Waals surface area contributed by atoms with Crippen molar-refractivity contribution in [3.63, 3.8) is 0 Å². The van der Waals surface area contributed by atoms with Gasteiger partial charge in [-0.25, -0.2) is 9.59 Å². The van der Waals surface area contributed by atoms with E-state index in [1.54, 1.807) is 13.0 Å². The lowest BCUT2D eigenvalue weighted by atomic mass is 10.1. The molecule has 282 valence electrons. The number of amides is 1. The lowest BCUT2D eigenvalue weighted by molar-refractivity contribution is 0.0462. The third kappa shape index (κ3) is 9.56. The second-order valence-electron chi connectivity index (χ2n) is 14.4. The number of benzene rings is 5. The molecule has 1 heterocycles. The quantitative estimate of drug-likeness (QED) is 0.0949. The standard InChI is InChI=1S/C37H41NO7Si.C7H8O/c1-26-20-32(39)34(35(40)44-24-27-14-8-5-9-15-27)33(21-26)43-25-28-22-29(23-38(28)36(41)42)45-46(37(2,3)4,30-16-10-6-11-17-30)31-18-12-7-13-19-31;8-6-7-4-2-1-3-5-7/h5-21,28-29,39H,22-25H2,1-4H3,(H,41,42);1-5,8H,6H2/t28-,29-;/m1./s1. The lowest BCUT2D eigenvalue weighted by Gasteiger charge is -2.44. The fourth-order valence-electron chi connectivity index (χ4n) is 6.91. The molecular formula is C44H49NO8Si. The molecule has 1 aliphatic heterocycles. The topological polar surface area (TPSA) is 126 Å². The van der Waals surface area contributed by atoms with Crippen molar-refractivity contribution >= 4 is 30.8 Å². The van der Waals surface area contributed by atoms with Crippen LogP contribution in [0, 0.1) is 6.92 Å². The van der Waals surface area contributed by atoms with E-state index >= 15 is 0 Å². The van der Waals surface area contributed by atoms with Crippen molar-refractivity contribution in [2.45, 2.75) is 64.5 Å². The van der Waals surface area contributed by atoms with Crippen molar-refractivity contribution in [2.24, 2.45) is 0 Å². The van der Waals surface area contributed by atoms with Crippen molar-refractivity contribution in [3.8, 4) is 11.5 Å². The van der Waals surface area contributed by atoms with E-state index in [2.05, 4.69) is 45.0 Å². The maximum atomic E-state index is 13.1. The number of aliphatic hydroxyl groups excluding tert-OH is 1. The number of ether oxygens (including phenoxy) is 2. The predicted octanol–water partition coefficient (Wildman–Crippen LogP) is 7.31. The van der Waals surface area contributed by atoms with Crippen LogP contribution in [0.2, 0.25) is 5.04 Å². The number of carbonyl (C=O) groups excluding carboxylic acids is 1. The summed E-state index contributed by atoms with van der Waals surface area (Å²) in [6.45, 7) is 8.65. The molecule has 0 unspecified atom stereocenters. The zero-order valence-electron chi connectivity index (χ0n) is 31.2. The van der Waals surface area contributed by atoms with Crippen LogP contribution in [0.5, 0.6) is 11.5 Å². The molecule has 5 aromatic carbocycles. The van der Waals surface area contributed by atoms with Crippen molar-refractivity contribution in [1.82, 2.24) is 4.90 Å². The molecule has 54 heavy (non-hydrogen) atoms. The van der Waals surface area contributed by atoms with Crippen molar-refractivity contribution in [1.29, 1.82) is 0 Å². The van der Waals surface area contributed by atoms with Gasteiger partial charge in [0.25, 0.3) is 8.32 Å². The molecule has 1 aliphatic rings. The number of hydrogen-bond acceptors (Lipinski definition) is 7. The highest BCUT2D eigenvalue weighted by Crippen LogP contribution is 2.39. The molecular weight excluding hydrogens is 699 g/mol. The maximum Gasteiger partial charge on any atom is 0.407 e. The van der Waals surface area contributed by atoms with E-state index in [1.807, 2.05) is 97.1 Å². The Bertz CT molecular complexity index is 1910. The summed E-state index contributed by atoms with van der Waals surface area (Å²) in [5, 5.41) is 31.4. The van der Waals surface area contributed by atoms with Gasteiger partial charge in [-0.05, 0) is 57.6 Å². The average molecular weight is 748 g/mol. The number of phenols is 1. The van der Waals surface area contributed by atoms with Gasteiger partial charge in [0.2, 0.25) is 0 Å². The number of aryl methyl sites for hydroxylation is 1. The first-order valence-electron chi connectivity index (χ1n) is 18.0. The SMILES string of the molecule is Cc1cc(O)c(C(=O)OCc2ccccc2)c(OC[C@H]2C[C@@H](O[Si](c3ccccc3)(c3ccccc3)C(C)(C)C)CN2C(=O)O)c1.OCc1ccccc1. The highest BCUT2D eigenvalue weighted by molar-refractivity contribution is 6.99. The Hall–Kier alpha value is -5.42. The molecule has 5 aromatic rings. The maximum absolute atomic E-state index is 13.1. The number of rotatable bonds is 11. The zero-order chi connectivity index (χ0) is 38.7. The van der Waals surface area contributed by atoms with Crippen LogP contribution in [0.25, 0.3) is 0 Å². The van der Waals surface area contributed by atoms with Gasteiger partial charge < -0.3 is 29.2 Å². The number of carboxylic acid groups (broad SMARTS) is 1. The Labute approximate surface area is 318 Å². The molecule has 1 amide bonds. The van der Waals surface area contributed by atoms with Gasteiger partial charge in [0, 0.05) is 6.54 Å². The third-order valence-electron chi connectivity index (χ3n) is 9.48. The van der Waals surface area contributed by atoms with Crippen LogP contribution in [0.3, 0.4) is 0 Å². The summed E-state index contributed by atoms with van der Waals surface area (Å²) < 4.78 is 18.9. The van der Waals surface area contributed by atoms with Gasteiger partial charge in [0.05, 0.1) is 18.8 Å².